The molecule has 2 aliphatic carbocycles. The van der Waals surface area contributed by atoms with E-state index in [0.717, 1.165) is 41.7 Å². The normalized spacial score (nSPS) is 25.5. The van der Waals surface area contributed by atoms with Gasteiger partial charge in [0, 0.05) is 12.1 Å². The number of nitrogens with one attached hydrogen (secondary N) is 1. The highest BCUT2D eigenvalue weighted by atomic mass is 16.5. The second-order valence-corrected chi connectivity index (χ2v) is 9.80. The molecule has 1 N–H and O–H groups in total. The number of amides is 3. The monoisotopic (exact) mass is 474 g/mol. The van der Waals surface area contributed by atoms with E-state index in [1.54, 1.807) is 6.07 Å². The SMILES string of the molecule is CCc1ccccc1NC(=O)COC(=O)[C@@H](Cc1ccccc1)N1C(=O)[C@@H]2[C@H]3CC[C@@H](C3)[C@@H]2C1=O. The number of hydrogen-bond acceptors (Lipinski definition) is 5. The summed E-state index contributed by atoms with van der Waals surface area (Å²) in [6.45, 7) is 1.50. The summed E-state index contributed by atoms with van der Waals surface area (Å²) in [7, 11) is 0. The summed E-state index contributed by atoms with van der Waals surface area (Å²) in [5, 5.41) is 2.78. The van der Waals surface area contributed by atoms with Crippen LogP contribution in [0.25, 0.3) is 0 Å². The van der Waals surface area contributed by atoms with Crippen LogP contribution in [0, 0.1) is 23.7 Å². The van der Waals surface area contributed by atoms with Crippen molar-refractivity contribution in [2.75, 3.05) is 11.9 Å². The number of likely N-dealkylation sites (tertiary alicyclic amines) is 1. The summed E-state index contributed by atoms with van der Waals surface area (Å²) >= 11 is 0. The molecule has 2 saturated carbocycles. The molecule has 3 amide bonds. The van der Waals surface area contributed by atoms with Gasteiger partial charge in [0.2, 0.25) is 11.8 Å². The van der Waals surface area contributed by atoms with Gasteiger partial charge < -0.3 is 10.1 Å². The minimum atomic E-state index is -1.09. The summed E-state index contributed by atoms with van der Waals surface area (Å²) in [6, 6.07) is 15.6. The van der Waals surface area contributed by atoms with Crippen LogP contribution in [0.4, 0.5) is 5.69 Å². The predicted molar refractivity (Wildman–Crippen MR) is 129 cm³/mol. The number of fused-ring (bicyclic) bond motifs is 5. The zero-order chi connectivity index (χ0) is 24.5. The lowest BCUT2D eigenvalue weighted by molar-refractivity contribution is -0.160. The van der Waals surface area contributed by atoms with Gasteiger partial charge in [-0.15, -0.1) is 0 Å². The molecule has 1 heterocycles. The first-order valence-electron chi connectivity index (χ1n) is 12.4. The van der Waals surface area contributed by atoms with Crippen molar-refractivity contribution in [1.82, 2.24) is 4.90 Å². The van der Waals surface area contributed by atoms with E-state index < -0.39 is 24.5 Å². The fourth-order valence-corrected chi connectivity index (χ4v) is 6.23. The van der Waals surface area contributed by atoms with Crippen LogP contribution >= 0.6 is 0 Å². The van der Waals surface area contributed by atoms with E-state index in [9.17, 15) is 19.2 Å². The third kappa shape index (κ3) is 4.35. The number of para-hydroxylation sites is 1. The second-order valence-electron chi connectivity index (χ2n) is 9.80. The Morgan fingerprint density at radius 3 is 2.26 bits per heavy atom. The minimum absolute atomic E-state index is 0.159. The number of ether oxygens (including phenoxy) is 1. The Morgan fingerprint density at radius 1 is 0.971 bits per heavy atom. The third-order valence-corrected chi connectivity index (χ3v) is 7.84. The first kappa shape index (κ1) is 23.3. The lowest BCUT2D eigenvalue weighted by Crippen LogP contribution is -2.48. The summed E-state index contributed by atoms with van der Waals surface area (Å²) in [5.74, 6) is -1.90. The van der Waals surface area contributed by atoms with Crippen molar-refractivity contribution in [2.45, 2.75) is 45.1 Å². The predicted octanol–water partition coefficient (Wildman–Crippen LogP) is 3.37. The molecule has 7 nitrogen and oxygen atoms in total. The summed E-state index contributed by atoms with van der Waals surface area (Å²) in [5.41, 5.74) is 2.46. The fourth-order valence-electron chi connectivity index (χ4n) is 6.23. The number of carbonyl (C=O) groups excluding carboxylic acids is 4. The van der Waals surface area contributed by atoms with Gasteiger partial charge >= 0.3 is 5.97 Å². The summed E-state index contributed by atoms with van der Waals surface area (Å²) in [6.07, 6.45) is 3.76. The van der Waals surface area contributed by atoms with Crippen molar-refractivity contribution in [3.8, 4) is 0 Å². The maximum Gasteiger partial charge on any atom is 0.330 e. The topological polar surface area (TPSA) is 92.8 Å². The molecule has 3 fully saturated rings. The van der Waals surface area contributed by atoms with E-state index in [-0.39, 0.29) is 41.9 Å². The molecule has 7 heteroatoms. The molecule has 1 saturated heterocycles. The number of nitrogens with zero attached hydrogens (tertiary/aromatic N) is 1. The van der Waals surface area contributed by atoms with E-state index in [4.69, 9.17) is 4.74 Å². The molecular formula is C28H30N2O5. The van der Waals surface area contributed by atoms with Crippen LogP contribution < -0.4 is 5.32 Å². The molecule has 2 aromatic carbocycles. The third-order valence-electron chi connectivity index (χ3n) is 7.84. The number of aryl methyl sites for hydroxylation is 1. The zero-order valence-corrected chi connectivity index (χ0v) is 19.8. The van der Waals surface area contributed by atoms with Gasteiger partial charge in [-0.1, -0.05) is 55.5 Å². The molecule has 3 aliphatic rings. The van der Waals surface area contributed by atoms with Crippen LogP contribution in [-0.2, 0) is 36.8 Å². The standard InChI is InChI=1S/C28H30N2O5/c1-2-18-10-6-7-11-21(18)29-23(31)16-35-28(34)22(14-17-8-4-3-5-9-17)30-26(32)24-19-12-13-20(15-19)25(24)27(30)33/h3-11,19-20,22,24-25H,2,12-16H2,1H3,(H,29,31)/t19-,20-,22+,24-,25+/m0/s1. The summed E-state index contributed by atoms with van der Waals surface area (Å²) in [4.78, 5) is 53.7. The first-order valence-corrected chi connectivity index (χ1v) is 12.4. The molecule has 182 valence electrons. The number of anilines is 1. The Balaban J connectivity index is 1.32. The van der Waals surface area contributed by atoms with E-state index in [2.05, 4.69) is 5.32 Å². The van der Waals surface area contributed by atoms with Crippen LogP contribution in [0.1, 0.15) is 37.3 Å². The van der Waals surface area contributed by atoms with Gasteiger partial charge in [-0.3, -0.25) is 19.3 Å². The van der Waals surface area contributed by atoms with Crippen LogP contribution in [-0.4, -0.2) is 41.2 Å². The maximum absolute atomic E-state index is 13.4. The van der Waals surface area contributed by atoms with Crippen LogP contribution in [0.3, 0.4) is 0 Å². The van der Waals surface area contributed by atoms with Crippen molar-refractivity contribution in [1.29, 1.82) is 0 Å². The molecule has 1 aliphatic heterocycles. The van der Waals surface area contributed by atoms with Gasteiger partial charge in [0.1, 0.15) is 6.04 Å². The van der Waals surface area contributed by atoms with Crippen molar-refractivity contribution < 1.29 is 23.9 Å². The lowest BCUT2D eigenvalue weighted by atomic mass is 9.81. The number of benzene rings is 2. The van der Waals surface area contributed by atoms with Gasteiger partial charge in [0.05, 0.1) is 11.8 Å². The molecule has 0 aromatic heterocycles. The Bertz CT molecular complexity index is 1120. The number of carbonyl (C=O) groups is 4. The first-order chi connectivity index (χ1) is 17.0. The van der Waals surface area contributed by atoms with Gasteiger partial charge in [0.25, 0.3) is 5.91 Å². The number of esters is 1. The van der Waals surface area contributed by atoms with E-state index >= 15 is 0 Å². The minimum Gasteiger partial charge on any atom is -0.454 e. The molecule has 2 aromatic rings. The highest BCUT2D eigenvalue weighted by Crippen LogP contribution is 2.56. The van der Waals surface area contributed by atoms with Crippen molar-refractivity contribution in [3.63, 3.8) is 0 Å². The molecule has 0 spiro atoms. The van der Waals surface area contributed by atoms with Gasteiger partial charge in [-0.25, -0.2) is 4.79 Å². The Morgan fingerprint density at radius 2 is 1.60 bits per heavy atom. The van der Waals surface area contributed by atoms with E-state index in [1.807, 2.05) is 55.5 Å². The van der Waals surface area contributed by atoms with Crippen molar-refractivity contribution >= 4 is 29.4 Å². The van der Waals surface area contributed by atoms with E-state index in [1.165, 1.54) is 0 Å². The number of hydrogen-bond donors (Lipinski definition) is 1. The quantitative estimate of drug-likeness (QED) is 0.468. The average Bonchev–Trinajstić information content (AvgIpc) is 3.56. The maximum atomic E-state index is 13.4. The van der Waals surface area contributed by atoms with Gasteiger partial charge in [-0.05, 0) is 54.7 Å². The van der Waals surface area contributed by atoms with Gasteiger partial charge in [0.15, 0.2) is 6.61 Å². The van der Waals surface area contributed by atoms with Gasteiger partial charge in [-0.2, -0.15) is 0 Å². The van der Waals surface area contributed by atoms with Crippen molar-refractivity contribution in [3.05, 3.63) is 65.7 Å². The summed E-state index contributed by atoms with van der Waals surface area (Å²) < 4.78 is 5.39. The molecular weight excluding hydrogens is 444 g/mol. The van der Waals surface area contributed by atoms with Crippen molar-refractivity contribution in [2.24, 2.45) is 23.7 Å². The largest absolute Gasteiger partial charge is 0.454 e. The number of imide groups is 1. The smallest absolute Gasteiger partial charge is 0.330 e. The van der Waals surface area contributed by atoms with E-state index in [0.29, 0.717) is 5.69 Å². The molecule has 5 atom stereocenters. The molecule has 0 unspecified atom stereocenters. The number of rotatable bonds is 8. The molecule has 35 heavy (non-hydrogen) atoms. The Kier molecular flexibility index (Phi) is 6.41. The molecule has 5 rings (SSSR count). The van der Waals surface area contributed by atoms with Crippen LogP contribution in [0.5, 0.6) is 0 Å². The highest BCUT2D eigenvalue weighted by molar-refractivity contribution is 6.08. The second kappa shape index (κ2) is 9.64. The Hall–Kier alpha value is -3.48. The molecule has 0 radical (unpaired) electrons. The molecule has 2 bridgehead atoms. The average molecular weight is 475 g/mol. The zero-order valence-electron chi connectivity index (χ0n) is 19.8. The Labute approximate surface area is 204 Å². The van der Waals surface area contributed by atoms with Crippen LogP contribution in [0.2, 0.25) is 0 Å². The van der Waals surface area contributed by atoms with Crippen LogP contribution in [0.15, 0.2) is 54.6 Å². The highest BCUT2D eigenvalue weighted by Gasteiger charge is 2.62. The lowest BCUT2D eigenvalue weighted by Gasteiger charge is -2.26. The fraction of sp³-hybridized carbons (Fsp3) is 0.429.